The number of carbonyl (C=O) groups is 1. The highest BCUT2D eigenvalue weighted by Crippen LogP contribution is 2.34. The Kier molecular flexibility index (Phi) is 13.8. The normalized spacial score (nSPS) is 11.7. The standard InChI is InChI=1S/C37H43FN8O4S2/c1-24-21-32(43-44-34(24)42-36-40-28-13-6-7-14-30(28)51-36)46(19-9-12-26(47)23-45(3)4)37-41-33(35(48)49-5)31(52-37)15-10-20-50-29-17-16-25(22-27(29)38)11-8-18-39-2/h6-7,13-14,16-17,21-22,26,39,47H,9-10,12,15,18-20,23H2,1-5H3,(H,40,42,44). The van der Waals surface area contributed by atoms with Crippen LogP contribution in [0.25, 0.3) is 10.2 Å². The van der Waals surface area contributed by atoms with E-state index in [1.54, 1.807) is 19.2 Å². The number of nitrogens with one attached hydrogen (secondary N) is 2. The topological polar surface area (TPSA) is 138 Å². The molecule has 2 aromatic carbocycles. The van der Waals surface area contributed by atoms with E-state index in [0.29, 0.717) is 77.7 Å². The molecule has 3 heterocycles. The van der Waals surface area contributed by atoms with Gasteiger partial charge in [0.05, 0.1) is 36.6 Å². The first-order valence-electron chi connectivity index (χ1n) is 16.9. The molecule has 5 aromatic rings. The summed E-state index contributed by atoms with van der Waals surface area (Å²) in [6.45, 7) is 3.67. The van der Waals surface area contributed by atoms with Crippen LogP contribution in [-0.2, 0) is 11.2 Å². The van der Waals surface area contributed by atoms with Gasteiger partial charge in [0, 0.05) is 23.5 Å². The van der Waals surface area contributed by atoms with Crippen molar-refractivity contribution in [1.29, 1.82) is 0 Å². The summed E-state index contributed by atoms with van der Waals surface area (Å²) in [5.74, 6) is 6.02. The van der Waals surface area contributed by atoms with Crippen LogP contribution in [0.3, 0.4) is 0 Å². The maximum absolute atomic E-state index is 14.7. The summed E-state index contributed by atoms with van der Waals surface area (Å²) in [5, 5.41) is 27.1. The number of esters is 1. The summed E-state index contributed by atoms with van der Waals surface area (Å²) in [5.41, 5.74) is 2.51. The quantitative estimate of drug-likeness (QED) is 0.0590. The number of aryl methyl sites for hydroxylation is 2. The predicted octanol–water partition coefficient (Wildman–Crippen LogP) is 5.94. The Balaban J connectivity index is 1.34. The van der Waals surface area contributed by atoms with Crippen LogP contribution in [0.5, 0.6) is 5.75 Å². The van der Waals surface area contributed by atoms with Crippen molar-refractivity contribution in [2.45, 2.75) is 38.7 Å². The molecule has 12 nitrogen and oxygen atoms in total. The predicted molar refractivity (Wildman–Crippen MR) is 205 cm³/mol. The number of hydrogen-bond acceptors (Lipinski definition) is 14. The molecular weight excluding hydrogens is 704 g/mol. The number of methoxy groups -OCH3 is 1. The van der Waals surface area contributed by atoms with Crippen molar-refractivity contribution in [3.05, 3.63) is 76.0 Å². The molecule has 0 radical (unpaired) electrons. The fraction of sp³-hybridized carbons (Fsp3) is 0.378. The Morgan fingerprint density at radius 1 is 1.10 bits per heavy atom. The molecule has 0 aliphatic heterocycles. The second-order valence-electron chi connectivity index (χ2n) is 12.2. The van der Waals surface area contributed by atoms with Crippen molar-refractivity contribution in [1.82, 2.24) is 30.4 Å². The number of aromatic nitrogens is 4. The minimum atomic E-state index is -0.557. The summed E-state index contributed by atoms with van der Waals surface area (Å²) < 4.78 is 26.6. The van der Waals surface area contributed by atoms with Crippen molar-refractivity contribution in [2.75, 3.05) is 64.7 Å². The molecular formula is C37H43FN8O4S2. The molecule has 5 rings (SSSR count). The molecule has 1 unspecified atom stereocenters. The maximum atomic E-state index is 14.7. The Morgan fingerprint density at radius 3 is 2.65 bits per heavy atom. The molecule has 0 fully saturated rings. The van der Waals surface area contributed by atoms with Gasteiger partial charge in [-0.3, -0.25) is 0 Å². The number of ether oxygens (including phenoxy) is 2. The molecule has 3 aromatic heterocycles. The largest absolute Gasteiger partial charge is 0.491 e. The number of aliphatic hydroxyl groups is 1. The molecule has 52 heavy (non-hydrogen) atoms. The molecule has 0 amide bonds. The minimum absolute atomic E-state index is 0.134. The summed E-state index contributed by atoms with van der Waals surface area (Å²) in [7, 11) is 6.95. The van der Waals surface area contributed by atoms with E-state index in [0.717, 1.165) is 15.8 Å². The van der Waals surface area contributed by atoms with Gasteiger partial charge < -0.3 is 35.0 Å². The van der Waals surface area contributed by atoms with E-state index in [1.165, 1.54) is 35.8 Å². The molecule has 0 aliphatic carbocycles. The number of para-hydroxylation sites is 1. The molecule has 0 spiro atoms. The Labute approximate surface area is 311 Å². The number of fused-ring (bicyclic) bond motifs is 1. The summed E-state index contributed by atoms with van der Waals surface area (Å²) >= 11 is 2.89. The smallest absolute Gasteiger partial charge is 0.357 e. The van der Waals surface area contributed by atoms with Gasteiger partial charge in [0.25, 0.3) is 0 Å². The molecule has 0 bridgehead atoms. The minimum Gasteiger partial charge on any atom is -0.491 e. The third kappa shape index (κ3) is 10.4. The lowest BCUT2D eigenvalue weighted by atomic mass is 10.2. The van der Waals surface area contributed by atoms with Crippen LogP contribution in [0, 0.1) is 24.6 Å². The zero-order valence-corrected chi connectivity index (χ0v) is 31.5. The number of thiazole rings is 2. The van der Waals surface area contributed by atoms with Crippen LogP contribution in [0.2, 0.25) is 0 Å². The van der Waals surface area contributed by atoms with E-state index in [1.807, 2.05) is 61.2 Å². The number of hydrogen-bond donors (Lipinski definition) is 3. The lowest BCUT2D eigenvalue weighted by molar-refractivity contribution is 0.0593. The Morgan fingerprint density at radius 2 is 1.92 bits per heavy atom. The molecule has 0 saturated heterocycles. The van der Waals surface area contributed by atoms with Gasteiger partial charge in [0.15, 0.2) is 39.2 Å². The number of likely N-dealkylation sites (N-methyl/N-ethyl adjacent to an activating group) is 1. The van der Waals surface area contributed by atoms with Gasteiger partial charge in [-0.1, -0.05) is 35.3 Å². The van der Waals surface area contributed by atoms with Crippen LogP contribution < -0.4 is 20.3 Å². The molecule has 1 atom stereocenters. The monoisotopic (exact) mass is 746 g/mol. The van der Waals surface area contributed by atoms with Gasteiger partial charge >= 0.3 is 5.97 Å². The van der Waals surface area contributed by atoms with E-state index in [-0.39, 0.29) is 18.1 Å². The van der Waals surface area contributed by atoms with E-state index in [4.69, 9.17) is 14.5 Å². The number of benzene rings is 2. The fourth-order valence-electron chi connectivity index (χ4n) is 5.28. The summed E-state index contributed by atoms with van der Waals surface area (Å²) in [6, 6.07) is 14.5. The first-order valence-corrected chi connectivity index (χ1v) is 18.5. The number of halogens is 1. The summed E-state index contributed by atoms with van der Waals surface area (Å²) in [6.07, 6.45) is 1.62. The van der Waals surface area contributed by atoms with Gasteiger partial charge in [-0.05, 0) is 95.7 Å². The van der Waals surface area contributed by atoms with E-state index >= 15 is 0 Å². The average Bonchev–Trinajstić information content (AvgIpc) is 3.73. The van der Waals surface area contributed by atoms with Gasteiger partial charge in [0.1, 0.15) is 0 Å². The third-order valence-electron chi connectivity index (χ3n) is 7.79. The van der Waals surface area contributed by atoms with Crippen LogP contribution in [0.1, 0.15) is 45.8 Å². The second-order valence-corrected chi connectivity index (χ2v) is 14.3. The van der Waals surface area contributed by atoms with Gasteiger partial charge in [-0.15, -0.1) is 21.5 Å². The number of aliphatic hydroxyl groups excluding tert-OH is 1. The lowest BCUT2D eigenvalue weighted by Gasteiger charge is -2.22. The SMILES string of the molecule is CNCC#Cc1ccc(OCCCc2sc(N(CCCC(O)CN(C)C)c3cc(C)c(Nc4nc5ccccc5s4)nn3)nc2C(=O)OC)c(F)c1. The van der Waals surface area contributed by atoms with Gasteiger partial charge in [-0.2, -0.15) is 0 Å². The van der Waals surface area contributed by atoms with E-state index in [2.05, 4.69) is 37.7 Å². The fourth-order valence-corrected chi connectivity index (χ4v) is 7.27. The first-order chi connectivity index (χ1) is 25.1. The number of nitrogens with zero attached hydrogens (tertiary/aromatic N) is 6. The van der Waals surface area contributed by atoms with Crippen molar-refractivity contribution in [3.63, 3.8) is 0 Å². The van der Waals surface area contributed by atoms with Crippen LogP contribution in [0.15, 0.2) is 48.5 Å². The number of carbonyl (C=O) groups excluding carboxylic acids is 1. The van der Waals surface area contributed by atoms with Crippen LogP contribution in [-0.4, -0.2) is 96.7 Å². The Hall–Kier alpha value is -4.72. The third-order valence-corrected chi connectivity index (χ3v) is 9.88. The highest BCUT2D eigenvalue weighted by atomic mass is 32.1. The number of anilines is 4. The molecule has 3 N–H and O–H groups in total. The maximum Gasteiger partial charge on any atom is 0.357 e. The van der Waals surface area contributed by atoms with E-state index in [9.17, 15) is 14.3 Å². The van der Waals surface area contributed by atoms with Crippen molar-refractivity contribution in [2.24, 2.45) is 0 Å². The van der Waals surface area contributed by atoms with Crippen molar-refractivity contribution in [3.8, 4) is 17.6 Å². The van der Waals surface area contributed by atoms with Gasteiger partial charge in [0.2, 0.25) is 0 Å². The molecule has 0 saturated carbocycles. The van der Waals surface area contributed by atoms with Crippen LogP contribution in [0.4, 0.5) is 26.3 Å². The molecule has 15 heteroatoms. The second kappa shape index (κ2) is 18.7. The van der Waals surface area contributed by atoms with E-state index < -0.39 is 17.9 Å². The van der Waals surface area contributed by atoms with Crippen molar-refractivity contribution < 1.29 is 23.8 Å². The first kappa shape index (κ1) is 38.5. The zero-order chi connectivity index (χ0) is 37.0. The van der Waals surface area contributed by atoms with Crippen LogP contribution >= 0.6 is 22.7 Å². The molecule has 274 valence electrons. The van der Waals surface area contributed by atoms with Gasteiger partial charge in [-0.25, -0.2) is 19.2 Å². The zero-order valence-electron chi connectivity index (χ0n) is 29.9. The lowest BCUT2D eigenvalue weighted by Crippen LogP contribution is -2.27. The average molecular weight is 747 g/mol. The number of rotatable bonds is 17. The van der Waals surface area contributed by atoms with Crippen molar-refractivity contribution >= 4 is 60.8 Å². The molecule has 0 aliphatic rings. The highest BCUT2D eigenvalue weighted by Gasteiger charge is 2.24. The summed E-state index contributed by atoms with van der Waals surface area (Å²) in [4.78, 5) is 26.8. The Bertz CT molecular complexity index is 1990. The highest BCUT2D eigenvalue weighted by molar-refractivity contribution is 7.22.